The van der Waals surface area contributed by atoms with Crippen LogP contribution in [0.1, 0.15) is 58.3 Å². The monoisotopic (exact) mass is 460 g/mol. The minimum absolute atomic E-state index is 0.0695. The number of hydrogen-bond donors (Lipinski definition) is 0. The minimum Gasteiger partial charge on any atom is -0.351 e. The van der Waals surface area contributed by atoms with Crippen molar-refractivity contribution in [3.8, 4) is 0 Å². The zero-order valence-corrected chi connectivity index (χ0v) is 17.4. The zero-order valence-electron chi connectivity index (χ0n) is 14.3. The Morgan fingerprint density at radius 2 is 2.00 bits per heavy atom. The number of fused-ring (bicyclic) bond motifs is 5. The first-order valence-corrected chi connectivity index (χ1v) is 13.3. The van der Waals surface area contributed by atoms with Crippen LogP contribution in [-0.4, -0.2) is 18.2 Å². The van der Waals surface area contributed by atoms with Crippen molar-refractivity contribution in [2.75, 3.05) is 6.61 Å². The third-order valence-corrected chi connectivity index (χ3v) is 8.97. The van der Waals surface area contributed by atoms with Crippen molar-refractivity contribution in [1.29, 1.82) is 0 Å². The molecule has 132 valence electrons. The summed E-state index contributed by atoms with van der Waals surface area (Å²) < 4.78 is 5.97. The van der Waals surface area contributed by atoms with E-state index in [1.807, 2.05) is 6.08 Å². The van der Waals surface area contributed by atoms with Crippen LogP contribution >= 0.6 is 28.5 Å². The van der Waals surface area contributed by atoms with Gasteiger partial charge in [-0.25, -0.2) is 0 Å². The molecular weight excluding hydrogens is 434 g/mol. The lowest BCUT2D eigenvalue weighted by Crippen LogP contribution is -2.53. The topological polar surface area (TPSA) is 43.4 Å². The van der Waals surface area contributed by atoms with E-state index < -0.39 is 0 Å². The predicted octanol–water partition coefficient (Wildman–Crippen LogP) is 5.03. The van der Waals surface area contributed by atoms with Crippen LogP contribution in [0.15, 0.2) is 11.6 Å². The normalized spacial score (nSPS) is 45.1. The second-order valence-electron chi connectivity index (χ2n) is 8.49. The van der Waals surface area contributed by atoms with E-state index in [4.69, 9.17) is 4.52 Å². The van der Waals surface area contributed by atoms with Crippen LogP contribution in [0, 0.1) is 28.6 Å². The maximum atomic E-state index is 12.5. The first-order valence-electron chi connectivity index (χ1n) is 9.26. The molecule has 0 heterocycles. The number of hydrogen-bond acceptors (Lipinski definition) is 3. The SMILES string of the molecule is CC12CCC3C(CCC4=CC(=O)CCC43COPI)C1CCC2=O. The third kappa shape index (κ3) is 2.50. The van der Waals surface area contributed by atoms with Gasteiger partial charge < -0.3 is 4.52 Å². The Bertz CT molecular complexity index is 603. The Morgan fingerprint density at radius 1 is 1.17 bits per heavy atom. The fourth-order valence-corrected chi connectivity index (χ4v) is 7.34. The molecule has 3 nitrogen and oxygen atoms in total. The second-order valence-corrected chi connectivity index (χ2v) is 10.3. The van der Waals surface area contributed by atoms with Crippen molar-refractivity contribution in [3.05, 3.63) is 11.6 Å². The van der Waals surface area contributed by atoms with Crippen LogP contribution in [0.2, 0.25) is 0 Å². The summed E-state index contributed by atoms with van der Waals surface area (Å²) in [5, 5.41) is 0. The Kier molecular flexibility index (Phi) is 4.71. The minimum atomic E-state index is -0.0695. The molecule has 0 aromatic carbocycles. The fraction of sp³-hybridized carbons (Fsp3) is 0.789. The molecule has 3 fully saturated rings. The van der Waals surface area contributed by atoms with Crippen LogP contribution in [0.5, 0.6) is 0 Å². The van der Waals surface area contributed by atoms with E-state index in [-0.39, 0.29) is 10.8 Å². The summed E-state index contributed by atoms with van der Waals surface area (Å²) in [6, 6.07) is 0. The van der Waals surface area contributed by atoms with Gasteiger partial charge in [-0.05, 0) is 84.4 Å². The molecule has 0 bridgehead atoms. The van der Waals surface area contributed by atoms with Gasteiger partial charge in [0.15, 0.2) is 5.78 Å². The molecule has 0 aromatic rings. The van der Waals surface area contributed by atoms with Crippen molar-refractivity contribution < 1.29 is 14.1 Å². The number of ketones is 2. The highest BCUT2D eigenvalue weighted by atomic mass is 127. The third-order valence-electron chi connectivity index (χ3n) is 7.78. The molecule has 0 aliphatic heterocycles. The molecule has 3 saturated carbocycles. The van der Waals surface area contributed by atoms with Gasteiger partial charge in [0.2, 0.25) is 0 Å². The van der Waals surface area contributed by atoms with Crippen LogP contribution in [0.3, 0.4) is 0 Å². The van der Waals surface area contributed by atoms with E-state index in [9.17, 15) is 9.59 Å². The van der Waals surface area contributed by atoms with Gasteiger partial charge in [-0.15, -0.1) is 0 Å². The van der Waals surface area contributed by atoms with E-state index in [0.29, 0.717) is 42.2 Å². The maximum absolute atomic E-state index is 12.5. The average molecular weight is 460 g/mol. The lowest BCUT2D eigenvalue weighted by molar-refractivity contribution is -0.133. The maximum Gasteiger partial charge on any atom is 0.155 e. The molecule has 0 saturated heterocycles. The molecule has 0 aromatic heterocycles. The van der Waals surface area contributed by atoms with E-state index in [1.54, 1.807) is 0 Å². The highest BCUT2D eigenvalue weighted by Gasteiger charge is 2.60. The highest BCUT2D eigenvalue weighted by molar-refractivity contribution is 14.2. The number of carbonyl (C=O) groups is 2. The molecule has 0 amide bonds. The quantitative estimate of drug-likeness (QED) is 0.439. The van der Waals surface area contributed by atoms with Crippen molar-refractivity contribution in [3.63, 3.8) is 0 Å². The Labute approximate surface area is 159 Å². The summed E-state index contributed by atoms with van der Waals surface area (Å²) in [5.41, 5.74) is 1.37. The van der Waals surface area contributed by atoms with E-state index in [1.165, 1.54) is 5.57 Å². The summed E-state index contributed by atoms with van der Waals surface area (Å²) in [6.07, 6.45) is 9.79. The van der Waals surface area contributed by atoms with Crippen molar-refractivity contribution in [2.45, 2.75) is 58.3 Å². The van der Waals surface area contributed by atoms with Gasteiger partial charge in [-0.2, -0.15) is 0 Å². The molecular formula is C19H26IO3P. The lowest BCUT2D eigenvalue weighted by atomic mass is 9.47. The first-order chi connectivity index (χ1) is 11.5. The summed E-state index contributed by atoms with van der Waals surface area (Å²) in [4.78, 5) is 24.5. The van der Waals surface area contributed by atoms with Gasteiger partial charge in [0, 0.05) is 23.7 Å². The Morgan fingerprint density at radius 3 is 2.79 bits per heavy atom. The average Bonchev–Trinajstić information content (AvgIpc) is 2.88. The van der Waals surface area contributed by atoms with Gasteiger partial charge >= 0.3 is 0 Å². The fourth-order valence-electron chi connectivity index (χ4n) is 6.56. The van der Waals surface area contributed by atoms with E-state index in [2.05, 4.69) is 29.0 Å². The summed E-state index contributed by atoms with van der Waals surface area (Å²) in [7, 11) is 0. The Hall–Kier alpha value is 0.200. The molecule has 6 atom stereocenters. The van der Waals surface area contributed by atoms with Gasteiger partial charge in [-0.1, -0.05) is 12.5 Å². The highest BCUT2D eigenvalue weighted by Crippen LogP contribution is 2.64. The first kappa shape index (κ1) is 17.6. The van der Waals surface area contributed by atoms with Gasteiger partial charge in [0.25, 0.3) is 0 Å². The smallest absolute Gasteiger partial charge is 0.155 e. The molecule has 0 radical (unpaired) electrons. The molecule has 6 unspecified atom stereocenters. The van der Waals surface area contributed by atoms with Crippen LogP contribution in [0.25, 0.3) is 0 Å². The van der Waals surface area contributed by atoms with Gasteiger partial charge in [0.05, 0.1) is 13.1 Å². The van der Waals surface area contributed by atoms with Crippen molar-refractivity contribution in [1.82, 2.24) is 0 Å². The molecule has 4 rings (SSSR count). The van der Waals surface area contributed by atoms with Crippen LogP contribution in [-0.2, 0) is 14.1 Å². The molecule has 24 heavy (non-hydrogen) atoms. The summed E-state index contributed by atoms with van der Waals surface area (Å²) in [5.74, 6) is 2.60. The van der Waals surface area contributed by atoms with Crippen LogP contribution < -0.4 is 0 Å². The zero-order chi connectivity index (χ0) is 16.9. The number of halogens is 1. The number of rotatable bonds is 3. The van der Waals surface area contributed by atoms with E-state index >= 15 is 0 Å². The lowest BCUT2D eigenvalue weighted by Gasteiger charge is -2.57. The van der Waals surface area contributed by atoms with Gasteiger partial charge in [-0.3, -0.25) is 9.59 Å². The van der Waals surface area contributed by atoms with Crippen molar-refractivity contribution in [2.24, 2.45) is 28.6 Å². The Balaban J connectivity index is 1.70. The standard InChI is InChI=1S/C19H26IO3P/c1-18-8-7-16-14(15(18)4-5-17(18)22)3-2-12-10-13(21)6-9-19(12,16)11-23-24-20/h10,14-16,24H,2-9,11H2,1H3. The summed E-state index contributed by atoms with van der Waals surface area (Å²) >= 11 is 2.30. The van der Waals surface area contributed by atoms with Crippen LogP contribution in [0.4, 0.5) is 0 Å². The number of carbonyl (C=O) groups excluding carboxylic acids is 2. The van der Waals surface area contributed by atoms with E-state index in [0.717, 1.165) is 51.6 Å². The molecule has 0 N–H and O–H groups in total. The largest absolute Gasteiger partial charge is 0.351 e. The molecule has 0 spiro atoms. The molecule has 5 heteroatoms. The van der Waals surface area contributed by atoms with Gasteiger partial charge in [0.1, 0.15) is 5.78 Å². The number of Topliss-reactive ketones (excluding diaryl/α,β-unsaturated/α-hetero) is 1. The second kappa shape index (κ2) is 6.42. The van der Waals surface area contributed by atoms with Crippen molar-refractivity contribution >= 4 is 40.1 Å². The molecule has 4 aliphatic carbocycles. The predicted molar refractivity (Wildman–Crippen MR) is 104 cm³/mol. The molecule has 4 aliphatic rings. The summed E-state index contributed by atoms with van der Waals surface area (Å²) in [6.45, 7) is 3.47.